The minimum Gasteiger partial charge on any atom is -0.463 e. The largest absolute Gasteiger partial charge is 0.463 e. The number of carbonyl (C=O) groups excluding carboxylic acids is 5. The van der Waals surface area contributed by atoms with E-state index in [-0.39, 0.29) is 21.2 Å². The summed E-state index contributed by atoms with van der Waals surface area (Å²) in [5.74, 6) is 2.83. The number of aryl methyl sites for hydroxylation is 1. The summed E-state index contributed by atoms with van der Waals surface area (Å²) in [6.07, 6.45) is -5.28. The highest BCUT2D eigenvalue weighted by Gasteiger charge is 2.52. The van der Waals surface area contributed by atoms with E-state index >= 15 is 0 Å². The van der Waals surface area contributed by atoms with Crippen LogP contribution in [0.5, 0.6) is 0 Å². The molecule has 0 unspecified atom stereocenters. The van der Waals surface area contributed by atoms with Gasteiger partial charge < -0.3 is 29.5 Å². The monoisotopic (exact) mass is 585 g/mol. The second kappa shape index (κ2) is 12.1. The first-order chi connectivity index (χ1) is 18.2. The number of nitrogen functional groups attached to an aromatic ring is 1. The average molecular weight is 586 g/mol. The van der Waals surface area contributed by atoms with Crippen LogP contribution in [0.3, 0.4) is 0 Å². The molecule has 0 radical (unpaired) electrons. The number of hydrogen-bond donors (Lipinski definition) is 1. The Balaban J connectivity index is 2.12. The maximum atomic E-state index is 13.1. The summed E-state index contributed by atoms with van der Waals surface area (Å²) >= 11 is 1.78. The molecule has 2 aromatic rings. The lowest BCUT2D eigenvalue weighted by atomic mass is 9.99. The Kier molecular flexibility index (Phi) is 9.34. The molecule has 1 aliphatic heterocycles. The van der Waals surface area contributed by atoms with Crippen molar-refractivity contribution in [3.63, 3.8) is 0 Å². The van der Waals surface area contributed by atoms with Gasteiger partial charge in [-0.1, -0.05) is 11.8 Å². The molecule has 212 valence electrons. The van der Waals surface area contributed by atoms with Crippen molar-refractivity contribution in [1.29, 1.82) is 0 Å². The van der Waals surface area contributed by atoms with Crippen molar-refractivity contribution in [2.24, 2.45) is 0 Å². The van der Waals surface area contributed by atoms with Crippen LogP contribution < -0.4 is 11.4 Å². The molecule has 0 amide bonds. The van der Waals surface area contributed by atoms with Gasteiger partial charge >= 0.3 is 23.9 Å². The van der Waals surface area contributed by atoms with E-state index in [1.54, 1.807) is 6.92 Å². The third-order valence-corrected chi connectivity index (χ3v) is 7.85. The van der Waals surface area contributed by atoms with Crippen molar-refractivity contribution in [2.75, 3.05) is 12.4 Å². The second-order valence-electron chi connectivity index (χ2n) is 8.55. The molecule has 2 N–H and O–H groups in total. The summed E-state index contributed by atoms with van der Waals surface area (Å²) in [4.78, 5) is 77.6. The van der Waals surface area contributed by atoms with Crippen LogP contribution in [0.25, 0.3) is 10.2 Å². The van der Waals surface area contributed by atoms with Crippen LogP contribution in [0.2, 0.25) is 0 Å². The molecule has 1 fully saturated rings. The number of esters is 4. The molecule has 5 atom stereocenters. The third-order valence-electron chi connectivity index (χ3n) is 5.45. The van der Waals surface area contributed by atoms with E-state index in [0.717, 1.165) is 55.5 Å². The summed E-state index contributed by atoms with van der Waals surface area (Å²) in [5, 5.41) is 0.100. The minimum atomic E-state index is -1.39. The first kappa shape index (κ1) is 30.0. The zero-order chi connectivity index (χ0) is 29.2. The number of fused-ring (bicyclic) bond motifs is 1. The molecule has 1 saturated heterocycles. The number of thiophene rings is 1. The van der Waals surface area contributed by atoms with Crippen molar-refractivity contribution < 1.29 is 47.7 Å². The van der Waals surface area contributed by atoms with Crippen molar-refractivity contribution in [3.05, 3.63) is 20.8 Å². The van der Waals surface area contributed by atoms with Gasteiger partial charge in [-0.05, 0) is 19.4 Å². The highest BCUT2D eigenvalue weighted by Crippen LogP contribution is 2.38. The first-order valence-electron chi connectivity index (χ1n) is 11.5. The fourth-order valence-corrected chi connectivity index (χ4v) is 6.20. The van der Waals surface area contributed by atoms with Crippen LogP contribution in [0.15, 0.2) is 9.95 Å². The number of nitrogens with two attached hydrogens (primary N) is 1. The van der Waals surface area contributed by atoms with Gasteiger partial charge in [-0.2, -0.15) is 0 Å². The summed E-state index contributed by atoms with van der Waals surface area (Å²) in [6.45, 7) is 7.05. The Morgan fingerprint density at radius 3 is 2.05 bits per heavy atom. The van der Waals surface area contributed by atoms with E-state index < -0.39 is 65.9 Å². The standard InChI is InChI=1S/C23H27N3O11S2/c1-8-15-20(38-19(8)9(2)27)25-23(26(24)21(15)32)39-22-18(36-13(6)31)17(35-12(5)30)16(34-11(4)29)14(37-22)7-33-10(3)28/h14,16-18,22H,7,24H2,1-6H3/t14-,16-,17+,18-,22+/m1/s1. The molecule has 3 rings (SSSR count). The molecule has 3 heterocycles. The van der Waals surface area contributed by atoms with Gasteiger partial charge in [-0.25, -0.2) is 9.66 Å². The van der Waals surface area contributed by atoms with Gasteiger partial charge in [0.15, 0.2) is 34.7 Å². The third kappa shape index (κ3) is 6.75. The number of carbonyl (C=O) groups is 5. The number of nitrogens with zero attached hydrogens (tertiary/aromatic N) is 2. The summed E-state index contributed by atoms with van der Waals surface area (Å²) in [5.41, 5.74) is -1.42. The fourth-order valence-electron chi connectivity index (χ4n) is 3.98. The number of rotatable bonds is 8. The quantitative estimate of drug-likeness (QED) is 0.151. The number of ketones is 1. The first-order valence-corrected chi connectivity index (χ1v) is 13.2. The highest BCUT2D eigenvalue weighted by atomic mass is 32.2. The van der Waals surface area contributed by atoms with Gasteiger partial charge in [-0.15, -0.1) is 11.3 Å². The Hall–Kier alpha value is -3.50. The van der Waals surface area contributed by atoms with Crippen LogP contribution in [0.4, 0.5) is 0 Å². The molecule has 39 heavy (non-hydrogen) atoms. The molecular weight excluding hydrogens is 558 g/mol. The van der Waals surface area contributed by atoms with E-state index in [1.807, 2.05) is 0 Å². The summed E-state index contributed by atoms with van der Waals surface area (Å²) < 4.78 is 28.0. The smallest absolute Gasteiger partial charge is 0.303 e. The highest BCUT2D eigenvalue weighted by molar-refractivity contribution is 7.99. The van der Waals surface area contributed by atoms with Crippen molar-refractivity contribution in [1.82, 2.24) is 9.66 Å². The lowest BCUT2D eigenvalue weighted by Crippen LogP contribution is -2.61. The van der Waals surface area contributed by atoms with Crippen LogP contribution in [-0.2, 0) is 42.9 Å². The second-order valence-corrected chi connectivity index (χ2v) is 10.6. The molecule has 0 saturated carbocycles. The molecular formula is C23H27N3O11S2. The van der Waals surface area contributed by atoms with E-state index in [9.17, 15) is 28.8 Å². The Bertz CT molecular complexity index is 1390. The number of Topliss-reactive ketones (excluding diaryl/α,β-unsaturated/α-hetero) is 1. The lowest BCUT2D eigenvalue weighted by Gasteiger charge is -2.44. The number of hydrogen-bond acceptors (Lipinski definition) is 15. The average Bonchev–Trinajstić information content (AvgIpc) is 3.15. The number of ether oxygens (including phenoxy) is 5. The molecule has 0 aliphatic carbocycles. The molecule has 14 nitrogen and oxygen atoms in total. The SMILES string of the molecule is CC(=O)OC[C@H]1O[C@@H](Sc2nc3sc(C(C)=O)c(C)c3c(=O)n2N)[C@H](OC(C)=O)[C@@H](OC(C)=O)[C@@H]1OC(C)=O. The van der Waals surface area contributed by atoms with Gasteiger partial charge in [0.25, 0.3) is 5.56 Å². The maximum Gasteiger partial charge on any atom is 0.303 e. The Morgan fingerprint density at radius 1 is 0.949 bits per heavy atom. The normalized spacial score (nSPS) is 22.7. The fraction of sp³-hybridized carbons (Fsp3) is 0.522. The zero-order valence-corrected chi connectivity index (χ0v) is 23.5. The lowest BCUT2D eigenvalue weighted by molar-refractivity contribution is -0.237. The molecule has 0 spiro atoms. The number of aromatic nitrogens is 2. The van der Waals surface area contributed by atoms with Crippen molar-refractivity contribution >= 4 is 63.0 Å². The van der Waals surface area contributed by atoms with E-state index in [4.69, 9.17) is 29.5 Å². The maximum absolute atomic E-state index is 13.1. The topological polar surface area (TPSA) is 192 Å². The van der Waals surface area contributed by atoms with Gasteiger partial charge in [0.05, 0.1) is 10.3 Å². The van der Waals surface area contributed by atoms with Gasteiger partial charge in [-0.3, -0.25) is 28.8 Å². The van der Waals surface area contributed by atoms with Crippen LogP contribution >= 0.6 is 23.1 Å². The summed E-state index contributed by atoms with van der Waals surface area (Å²) in [7, 11) is 0. The van der Waals surface area contributed by atoms with Crippen molar-refractivity contribution in [3.8, 4) is 0 Å². The molecule has 0 aromatic carbocycles. The Morgan fingerprint density at radius 2 is 1.51 bits per heavy atom. The Labute approximate surface area is 230 Å². The van der Waals surface area contributed by atoms with Crippen LogP contribution in [-0.4, -0.2) is 75.8 Å². The molecule has 16 heteroatoms. The van der Waals surface area contributed by atoms with Gasteiger partial charge in [0.2, 0.25) is 0 Å². The van der Waals surface area contributed by atoms with Crippen molar-refractivity contribution in [2.45, 2.75) is 76.6 Å². The molecule has 1 aliphatic rings. The van der Waals surface area contributed by atoms with E-state index in [2.05, 4.69) is 4.98 Å². The number of thioether (sulfide) groups is 1. The molecule has 2 aromatic heterocycles. The van der Waals surface area contributed by atoms with Crippen LogP contribution in [0.1, 0.15) is 49.9 Å². The minimum absolute atomic E-state index is 0.0789. The van der Waals surface area contributed by atoms with Gasteiger partial charge in [0, 0.05) is 27.7 Å². The van der Waals surface area contributed by atoms with Gasteiger partial charge in [0.1, 0.15) is 17.5 Å². The zero-order valence-electron chi connectivity index (χ0n) is 21.9. The predicted octanol–water partition coefficient (Wildman–Crippen LogP) is 0.858. The summed E-state index contributed by atoms with van der Waals surface area (Å²) in [6, 6.07) is 0. The van der Waals surface area contributed by atoms with E-state index in [0.29, 0.717) is 10.4 Å². The van der Waals surface area contributed by atoms with Crippen LogP contribution in [0, 0.1) is 6.92 Å². The van der Waals surface area contributed by atoms with E-state index in [1.165, 1.54) is 6.92 Å². The predicted molar refractivity (Wildman–Crippen MR) is 137 cm³/mol. The molecule has 0 bridgehead atoms.